The van der Waals surface area contributed by atoms with Crippen molar-refractivity contribution in [3.63, 3.8) is 0 Å². The fourth-order valence-electron chi connectivity index (χ4n) is 3.54. The Balaban J connectivity index is 1.73. The number of halogens is 2. The van der Waals surface area contributed by atoms with Gasteiger partial charge in [-0.2, -0.15) is 0 Å². The Morgan fingerprint density at radius 3 is 2.74 bits per heavy atom. The van der Waals surface area contributed by atoms with Crippen molar-refractivity contribution in [3.05, 3.63) is 34.6 Å². The van der Waals surface area contributed by atoms with Gasteiger partial charge in [-0.05, 0) is 61.6 Å². The summed E-state index contributed by atoms with van der Waals surface area (Å²) in [6.07, 6.45) is 6.96. The second kappa shape index (κ2) is 5.06. The Hall–Kier alpha value is -0.600. The largest absolute Gasteiger partial charge is 0.390 e. The van der Waals surface area contributed by atoms with E-state index in [1.165, 1.54) is 25.3 Å². The molecule has 2 saturated carbocycles. The van der Waals surface area contributed by atoms with Crippen LogP contribution in [0, 0.1) is 17.7 Å². The highest BCUT2D eigenvalue weighted by molar-refractivity contribution is 6.30. The van der Waals surface area contributed by atoms with Crippen molar-refractivity contribution in [1.82, 2.24) is 0 Å². The molecule has 1 N–H and O–H groups in total. The van der Waals surface area contributed by atoms with Crippen molar-refractivity contribution in [2.45, 2.75) is 50.5 Å². The van der Waals surface area contributed by atoms with Crippen LogP contribution in [0.4, 0.5) is 4.39 Å². The monoisotopic (exact) mass is 282 g/mol. The maximum absolute atomic E-state index is 13.8. The van der Waals surface area contributed by atoms with Gasteiger partial charge in [-0.1, -0.05) is 24.1 Å². The molecule has 0 bridgehead atoms. The molecule has 0 spiro atoms. The standard InChI is InChI=1S/C16H20ClFO/c17-14-6-5-13(15(18)8-14)10-16(19)7-1-2-12(9-16)11-3-4-11/h5-6,8,11-12,19H,1-4,7,9-10H2. The zero-order chi connectivity index (χ0) is 13.5. The van der Waals surface area contributed by atoms with Gasteiger partial charge in [-0.15, -0.1) is 0 Å². The van der Waals surface area contributed by atoms with Crippen LogP contribution in [0.15, 0.2) is 18.2 Å². The van der Waals surface area contributed by atoms with Crippen LogP contribution in [-0.2, 0) is 6.42 Å². The summed E-state index contributed by atoms with van der Waals surface area (Å²) in [5.74, 6) is 1.17. The van der Waals surface area contributed by atoms with Crippen molar-refractivity contribution in [3.8, 4) is 0 Å². The normalized spacial score (nSPS) is 31.4. The second-order valence-corrected chi connectivity index (χ2v) is 6.77. The molecular weight excluding hydrogens is 263 g/mol. The molecule has 2 aliphatic rings. The minimum Gasteiger partial charge on any atom is -0.390 e. The van der Waals surface area contributed by atoms with Gasteiger partial charge in [0.2, 0.25) is 0 Å². The first-order valence-electron chi connectivity index (χ1n) is 7.22. The fourth-order valence-corrected chi connectivity index (χ4v) is 3.69. The maximum atomic E-state index is 13.8. The van der Waals surface area contributed by atoms with E-state index < -0.39 is 5.60 Å². The van der Waals surface area contributed by atoms with Crippen LogP contribution < -0.4 is 0 Å². The predicted octanol–water partition coefficient (Wildman–Crippen LogP) is 4.35. The molecule has 0 radical (unpaired) electrons. The topological polar surface area (TPSA) is 20.2 Å². The van der Waals surface area contributed by atoms with E-state index in [0.29, 0.717) is 22.9 Å². The molecule has 19 heavy (non-hydrogen) atoms. The van der Waals surface area contributed by atoms with Crippen molar-refractivity contribution in [1.29, 1.82) is 0 Å². The smallest absolute Gasteiger partial charge is 0.127 e. The van der Waals surface area contributed by atoms with Gasteiger partial charge in [0.05, 0.1) is 5.60 Å². The highest BCUT2D eigenvalue weighted by Gasteiger charge is 2.41. The number of rotatable bonds is 3. The average Bonchev–Trinajstić information content (AvgIpc) is 3.17. The SMILES string of the molecule is OC1(Cc2ccc(Cl)cc2F)CCCC(C2CC2)C1. The maximum Gasteiger partial charge on any atom is 0.127 e. The van der Waals surface area contributed by atoms with Gasteiger partial charge in [0.25, 0.3) is 0 Å². The van der Waals surface area contributed by atoms with Crippen LogP contribution in [-0.4, -0.2) is 10.7 Å². The lowest BCUT2D eigenvalue weighted by atomic mass is 9.73. The quantitative estimate of drug-likeness (QED) is 0.874. The minimum absolute atomic E-state index is 0.297. The third kappa shape index (κ3) is 3.11. The average molecular weight is 283 g/mol. The molecule has 2 fully saturated rings. The molecule has 2 unspecified atom stereocenters. The third-order valence-corrected chi connectivity index (χ3v) is 4.92. The molecule has 0 heterocycles. The number of hydrogen-bond donors (Lipinski definition) is 1. The number of benzene rings is 1. The first kappa shape index (κ1) is 13.4. The summed E-state index contributed by atoms with van der Waals surface area (Å²) in [4.78, 5) is 0. The lowest BCUT2D eigenvalue weighted by Crippen LogP contribution is -2.38. The van der Waals surface area contributed by atoms with E-state index in [0.717, 1.165) is 25.2 Å². The first-order valence-corrected chi connectivity index (χ1v) is 7.60. The molecule has 1 aromatic rings. The van der Waals surface area contributed by atoms with E-state index in [2.05, 4.69) is 0 Å². The second-order valence-electron chi connectivity index (χ2n) is 6.33. The van der Waals surface area contributed by atoms with Gasteiger partial charge >= 0.3 is 0 Å². The fraction of sp³-hybridized carbons (Fsp3) is 0.625. The van der Waals surface area contributed by atoms with E-state index in [4.69, 9.17) is 11.6 Å². The first-order chi connectivity index (χ1) is 9.06. The zero-order valence-electron chi connectivity index (χ0n) is 11.0. The molecule has 0 amide bonds. The van der Waals surface area contributed by atoms with E-state index >= 15 is 0 Å². The highest BCUT2D eigenvalue weighted by atomic mass is 35.5. The summed E-state index contributed by atoms with van der Waals surface area (Å²) in [6, 6.07) is 4.74. The Bertz CT molecular complexity index is 472. The van der Waals surface area contributed by atoms with Gasteiger partial charge in [0.1, 0.15) is 5.82 Å². The Morgan fingerprint density at radius 2 is 2.05 bits per heavy atom. The molecular formula is C16H20ClFO. The van der Waals surface area contributed by atoms with E-state index in [9.17, 15) is 9.50 Å². The van der Waals surface area contributed by atoms with Crippen LogP contribution in [0.2, 0.25) is 5.02 Å². The number of hydrogen-bond acceptors (Lipinski definition) is 1. The summed E-state index contributed by atoms with van der Waals surface area (Å²) < 4.78 is 13.8. The molecule has 3 heteroatoms. The van der Waals surface area contributed by atoms with Gasteiger partial charge < -0.3 is 5.11 Å². The lowest BCUT2D eigenvalue weighted by Gasteiger charge is -2.37. The van der Waals surface area contributed by atoms with Crippen molar-refractivity contribution >= 4 is 11.6 Å². The summed E-state index contributed by atoms with van der Waals surface area (Å²) in [7, 11) is 0. The molecule has 104 valence electrons. The summed E-state index contributed by atoms with van der Waals surface area (Å²) in [6.45, 7) is 0. The molecule has 0 aromatic heterocycles. The van der Waals surface area contributed by atoms with Gasteiger partial charge in [-0.3, -0.25) is 0 Å². The molecule has 2 aliphatic carbocycles. The Morgan fingerprint density at radius 1 is 1.26 bits per heavy atom. The molecule has 2 atom stereocenters. The molecule has 0 saturated heterocycles. The molecule has 0 aliphatic heterocycles. The van der Waals surface area contributed by atoms with Crippen LogP contribution in [0.1, 0.15) is 44.1 Å². The van der Waals surface area contributed by atoms with Crippen LogP contribution in [0.25, 0.3) is 0 Å². The van der Waals surface area contributed by atoms with Gasteiger partial charge in [-0.25, -0.2) is 4.39 Å². The Kier molecular flexibility index (Phi) is 3.57. The van der Waals surface area contributed by atoms with Crippen LogP contribution >= 0.6 is 11.6 Å². The minimum atomic E-state index is -0.722. The van der Waals surface area contributed by atoms with E-state index in [1.807, 2.05) is 0 Å². The van der Waals surface area contributed by atoms with Gasteiger partial charge in [0, 0.05) is 11.4 Å². The van der Waals surface area contributed by atoms with Crippen LogP contribution in [0.5, 0.6) is 0 Å². The summed E-state index contributed by atoms with van der Waals surface area (Å²) in [5.41, 5.74) is -0.136. The van der Waals surface area contributed by atoms with E-state index in [1.54, 1.807) is 12.1 Å². The van der Waals surface area contributed by atoms with E-state index in [-0.39, 0.29) is 5.82 Å². The molecule has 1 nitrogen and oxygen atoms in total. The van der Waals surface area contributed by atoms with Crippen molar-refractivity contribution < 1.29 is 9.50 Å². The summed E-state index contributed by atoms with van der Waals surface area (Å²) >= 11 is 5.76. The molecule has 3 rings (SSSR count). The van der Waals surface area contributed by atoms with Gasteiger partial charge in [0.15, 0.2) is 0 Å². The Labute approximate surface area is 118 Å². The van der Waals surface area contributed by atoms with Crippen molar-refractivity contribution in [2.24, 2.45) is 11.8 Å². The number of aliphatic hydroxyl groups is 1. The highest BCUT2D eigenvalue weighted by Crippen LogP contribution is 2.47. The third-order valence-electron chi connectivity index (χ3n) is 4.68. The molecule has 1 aromatic carbocycles. The summed E-state index contributed by atoms with van der Waals surface area (Å²) in [5, 5.41) is 11.2. The van der Waals surface area contributed by atoms with Crippen molar-refractivity contribution in [2.75, 3.05) is 0 Å². The zero-order valence-corrected chi connectivity index (χ0v) is 11.8. The predicted molar refractivity (Wildman–Crippen MR) is 74.7 cm³/mol. The lowest BCUT2D eigenvalue weighted by molar-refractivity contribution is -0.0201. The van der Waals surface area contributed by atoms with Crippen LogP contribution in [0.3, 0.4) is 0 Å².